The van der Waals surface area contributed by atoms with Crippen molar-refractivity contribution in [2.24, 2.45) is 5.92 Å². The highest BCUT2D eigenvalue weighted by molar-refractivity contribution is 7.92. The van der Waals surface area contributed by atoms with Crippen LogP contribution >= 0.6 is 11.6 Å². The van der Waals surface area contributed by atoms with E-state index in [2.05, 4.69) is 0 Å². The Hall–Kier alpha value is -2.78. The molecular weight excluding hydrogens is 480 g/mol. The van der Waals surface area contributed by atoms with Gasteiger partial charge in [-0.3, -0.25) is 13.9 Å². The Balaban J connectivity index is 1.57. The highest BCUT2D eigenvalue weighted by Gasteiger charge is 2.28. The lowest BCUT2D eigenvalue weighted by molar-refractivity contribution is -0.151. The molecule has 10 heteroatoms. The van der Waals surface area contributed by atoms with Crippen molar-refractivity contribution in [2.45, 2.75) is 26.3 Å². The fourth-order valence-electron chi connectivity index (χ4n) is 3.75. The van der Waals surface area contributed by atoms with Gasteiger partial charge in [-0.1, -0.05) is 29.8 Å². The van der Waals surface area contributed by atoms with Crippen LogP contribution in [0.3, 0.4) is 0 Å². The molecule has 2 aromatic carbocycles. The number of carbonyl (C=O) groups excluding carboxylic acids is 2. The van der Waals surface area contributed by atoms with Crippen LogP contribution in [-0.2, 0) is 30.9 Å². The Morgan fingerprint density at radius 2 is 1.74 bits per heavy atom. The molecule has 0 unspecified atom stereocenters. The van der Waals surface area contributed by atoms with Gasteiger partial charge < -0.3 is 14.4 Å². The molecule has 1 saturated heterocycles. The first-order valence-electron chi connectivity index (χ1n) is 11.1. The first kappa shape index (κ1) is 25.8. The molecule has 1 aliphatic rings. The van der Waals surface area contributed by atoms with E-state index in [1.807, 2.05) is 0 Å². The normalized spacial score (nSPS) is 14.5. The largest absolute Gasteiger partial charge is 0.484 e. The number of anilines is 1. The zero-order valence-electron chi connectivity index (χ0n) is 19.3. The molecule has 184 valence electrons. The van der Waals surface area contributed by atoms with Crippen molar-refractivity contribution in [2.75, 3.05) is 36.9 Å². The van der Waals surface area contributed by atoms with Crippen LogP contribution in [0.15, 0.2) is 48.5 Å². The lowest BCUT2D eigenvalue weighted by Crippen LogP contribution is -2.42. The highest BCUT2D eigenvalue weighted by atomic mass is 35.5. The number of benzene rings is 2. The van der Waals surface area contributed by atoms with Crippen molar-refractivity contribution < 1.29 is 27.5 Å². The molecule has 0 bridgehead atoms. The Morgan fingerprint density at radius 1 is 1.09 bits per heavy atom. The van der Waals surface area contributed by atoms with Gasteiger partial charge in [0.15, 0.2) is 6.61 Å². The second-order valence-corrected chi connectivity index (χ2v) is 10.4. The first-order valence-corrected chi connectivity index (χ1v) is 13.3. The standard InChI is InChI=1S/C24H29ClN2O6S/c1-3-32-24(29)18-12-14-26(15-13-18)23(28)17-33-21-10-8-20(9-11-21)27(34(2,30)31)16-19-6-4-5-7-22(19)25/h4-11,18H,3,12-17H2,1-2H3. The van der Waals surface area contributed by atoms with Gasteiger partial charge >= 0.3 is 5.97 Å². The third-order valence-electron chi connectivity index (χ3n) is 5.63. The number of amides is 1. The average Bonchev–Trinajstić information content (AvgIpc) is 2.82. The van der Waals surface area contributed by atoms with Gasteiger partial charge in [-0.15, -0.1) is 0 Å². The second kappa shape index (κ2) is 11.6. The van der Waals surface area contributed by atoms with Gasteiger partial charge in [0.1, 0.15) is 5.75 Å². The number of hydrogen-bond donors (Lipinski definition) is 0. The van der Waals surface area contributed by atoms with Crippen LogP contribution in [0.2, 0.25) is 5.02 Å². The fraction of sp³-hybridized carbons (Fsp3) is 0.417. The number of likely N-dealkylation sites (tertiary alicyclic amines) is 1. The molecule has 1 amide bonds. The minimum absolute atomic E-state index is 0.0962. The Labute approximate surface area is 205 Å². The van der Waals surface area contributed by atoms with Crippen LogP contribution in [0.25, 0.3) is 0 Å². The lowest BCUT2D eigenvalue weighted by Gasteiger charge is -2.30. The second-order valence-electron chi connectivity index (χ2n) is 8.05. The summed E-state index contributed by atoms with van der Waals surface area (Å²) in [5.74, 6) is -0.0859. The summed E-state index contributed by atoms with van der Waals surface area (Å²) >= 11 is 6.20. The van der Waals surface area contributed by atoms with Crippen molar-refractivity contribution >= 4 is 39.2 Å². The molecule has 0 spiro atoms. The number of piperidine rings is 1. The van der Waals surface area contributed by atoms with Crippen LogP contribution in [-0.4, -0.2) is 57.8 Å². The summed E-state index contributed by atoms with van der Waals surface area (Å²) in [5, 5.41) is 0.487. The minimum atomic E-state index is -3.56. The van der Waals surface area contributed by atoms with Crippen molar-refractivity contribution in [3.8, 4) is 5.75 Å². The van der Waals surface area contributed by atoms with E-state index in [0.717, 1.165) is 6.26 Å². The van der Waals surface area contributed by atoms with Gasteiger partial charge in [0.05, 0.1) is 31.0 Å². The highest BCUT2D eigenvalue weighted by Crippen LogP contribution is 2.26. The fourth-order valence-corrected chi connectivity index (χ4v) is 4.82. The maximum absolute atomic E-state index is 12.5. The van der Waals surface area contributed by atoms with E-state index in [-0.39, 0.29) is 30.9 Å². The third kappa shape index (κ3) is 6.87. The summed E-state index contributed by atoms with van der Waals surface area (Å²) in [6.07, 6.45) is 2.29. The maximum Gasteiger partial charge on any atom is 0.309 e. The number of nitrogens with zero attached hydrogens (tertiary/aromatic N) is 2. The Morgan fingerprint density at radius 3 is 2.32 bits per heavy atom. The van der Waals surface area contributed by atoms with Gasteiger partial charge in [-0.05, 0) is 55.7 Å². The first-order chi connectivity index (χ1) is 16.2. The molecule has 1 heterocycles. The van der Waals surface area contributed by atoms with Crippen LogP contribution in [0.4, 0.5) is 5.69 Å². The monoisotopic (exact) mass is 508 g/mol. The number of rotatable bonds is 9. The van der Waals surface area contributed by atoms with E-state index in [9.17, 15) is 18.0 Å². The molecule has 34 heavy (non-hydrogen) atoms. The summed E-state index contributed by atoms with van der Waals surface area (Å²) in [6.45, 7) is 3.05. The Bertz CT molecular complexity index is 1100. The van der Waals surface area contributed by atoms with Crippen molar-refractivity contribution in [1.82, 2.24) is 4.90 Å². The molecule has 0 aliphatic carbocycles. The molecule has 0 atom stereocenters. The van der Waals surface area contributed by atoms with E-state index in [1.165, 1.54) is 4.31 Å². The SMILES string of the molecule is CCOC(=O)C1CCN(C(=O)COc2ccc(N(Cc3ccccc3Cl)S(C)(=O)=O)cc2)CC1. The van der Waals surface area contributed by atoms with E-state index >= 15 is 0 Å². The minimum Gasteiger partial charge on any atom is -0.484 e. The van der Waals surface area contributed by atoms with Gasteiger partial charge in [-0.2, -0.15) is 0 Å². The zero-order chi connectivity index (χ0) is 24.7. The summed E-state index contributed by atoms with van der Waals surface area (Å²) < 4.78 is 36.7. The van der Waals surface area contributed by atoms with Crippen LogP contribution in [0, 0.1) is 5.92 Å². The molecule has 3 rings (SSSR count). The molecular formula is C24H29ClN2O6S. The molecule has 0 saturated carbocycles. The van der Waals surface area contributed by atoms with Crippen LogP contribution in [0.1, 0.15) is 25.3 Å². The van der Waals surface area contributed by atoms with Crippen LogP contribution < -0.4 is 9.04 Å². The third-order valence-corrected chi connectivity index (χ3v) is 7.14. The number of esters is 1. The number of halogens is 1. The van der Waals surface area contributed by atoms with Gasteiger partial charge in [0, 0.05) is 18.1 Å². The van der Waals surface area contributed by atoms with Crippen molar-refractivity contribution in [3.05, 3.63) is 59.1 Å². The molecule has 1 fully saturated rings. The van der Waals surface area contributed by atoms with Gasteiger partial charge in [0.25, 0.3) is 5.91 Å². The van der Waals surface area contributed by atoms with Gasteiger partial charge in [-0.25, -0.2) is 8.42 Å². The molecule has 0 radical (unpaired) electrons. The maximum atomic E-state index is 12.5. The topological polar surface area (TPSA) is 93.2 Å². The van der Waals surface area contributed by atoms with Crippen molar-refractivity contribution in [1.29, 1.82) is 0 Å². The predicted octanol–water partition coefficient (Wildman–Crippen LogP) is 3.49. The van der Waals surface area contributed by atoms with Crippen LogP contribution in [0.5, 0.6) is 5.75 Å². The summed E-state index contributed by atoms with van der Waals surface area (Å²) in [5.41, 5.74) is 1.15. The quantitative estimate of drug-likeness (QED) is 0.481. The summed E-state index contributed by atoms with van der Waals surface area (Å²) in [4.78, 5) is 26.0. The molecule has 0 N–H and O–H groups in total. The predicted molar refractivity (Wildman–Crippen MR) is 130 cm³/mol. The van der Waals surface area contributed by atoms with Crippen molar-refractivity contribution in [3.63, 3.8) is 0 Å². The van der Waals surface area contributed by atoms with E-state index < -0.39 is 10.0 Å². The smallest absolute Gasteiger partial charge is 0.309 e. The lowest BCUT2D eigenvalue weighted by atomic mass is 9.97. The zero-order valence-corrected chi connectivity index (χ0v) is 20.8. The number of ether oxygens (including phenoxy) is 2. The van der Waals surface area contributed by atoms with Gasteiger partial charge in [0.2, 0.25) is 10.0 Å². The number of sulfonamides is 1. The average molecular weight is 509 g/mol. The number of hydrogen-bond acceptors (Lipinski definition) is 6. The van der Waals surface area contributed by atoms with E-state index in [1.54, 1.807) is 60.4 Å². The summed E-state index contributed by atoms with van der Waals surface area (Å²) in [7, 11) is -3.56. The number of carbonyl (C=O) groups is 2. The van der Waals surface area contributed by atoms with E-state index in [4.69, 9.17) is 21.1 Å². The molecule has 8 nitrogen and oxygen atoms in total. The Kier molecular flexibility index (Phi) is 8.79. The molecule has 1 aliphatic heterocycles. The van der Waals surface area contributed by atoms with E-state index in [0.29, 0.717) is 54.6 Å². The molecule has 2 aromatic rings. The molecule has 0 aromatic heterocycles. The summed E-state index contributed by atoms with van der Waals surface area (Å²) in [6, 6.07) is 13.6.